The Balaban J connectivity index is 1.70. The minimum absolute atomic E-state index is 0.0361. The smallest absolute Gasteiger partial charge is 0.339 e. The molecule has 2 heterocycles. The van der Waals surface area contributed by atoms with E-state index in [0.717, 1.165) is 5.56 Å². The molecule has 152 valence electrons. The fourth-order valence-electron chi connectivity index (χ4n) is 3.05. The summed E-state index contributed by atoms with van der Waals surface area (Å²) in [5.74, 6) is 4.69. The van der Waals surface area contributed by atoms with Gasteiger partial charge in [-0.1, -0.05) is 36.5 Å². The maximum Gasteiger partial charge on any atom is 0.339 e. The second kappa shape index (κ2) is 8.90. The third-order valence-electron chi connectivity index (χ3n) is 4.67. The molecule has 3 unspecified atom stereocenters. The zero-order chi connectivity index (χ0) is 21.0. The van der Waals surface area contributed by atoms with E-state index >= 15 is 0 Å². The number of ether oxygens (including phenoxy) is 2. The molecule has 0 bridgehead atoms. The molecule has 1 aliphatic rings. The van der Waals surface area contributed by atoms with Crippen molar-refractivity contribution in [1.29, 1.82) is 0 Å². The summed E-state index contributed by atoms with van der Waals surface area (Å²) in [4.78, 5) is 38.3. The first-order valence-corrected chi connectivity index (χ1v) is 9.30. The number of H-pyrrole nitrogens is 1. The molecule has 1 aromatic carbocycles. The second-order valence-corrected chi connectivity index (χ2v) is 6.79. The maximum atomic E-state index is 12.1. The van der Waals surface area contributed by atoms with Crippen molar-refractivity contribution in [2.75, 3.05) is 6.61 Å². The Morgan fingerprint density at radius 1 is 1.34 bits per heavy atom. The van der Waals surface area contributed by atoms with Gasteiger partial charge in [-0.25, -0.2) is 9.59 Å². The van der Waals surface area contributed by atoms with Crippen molar-refractivity contribution in [3.8, 4) is 11.8 Å². The van der Waals surface area contributed by atoms with E-state index < -0.39 is 29.6 Å². The lowest BCUT2D eigenvalue weighted by Crippen LogP contribution is -2.33. The summed E-state index contributed by atoms with van der Waals surface area (Å²) in [7, 11) is 0. The second-order valence-electron chi connectivity index (χ2n) is 6.79. The SMILES string of the molecule is CCC1OC(n2cc(C#CCOC(=O)c3ccc(C)cc3)c(=O)[nH]c2=O)CC1O. The standard InChI is InChI=1S/C21H22N2O6/c1-3-17-16(24)11-18(29-17)23-12-15(19(25)22-21(23)27)5-4-10-28-20(26)14-8-6-13(2)7-9-14/h6-9,12,16-18,24H,3,10-11H2,1-2H3,(H,22,25,27). The van der Waals surface area contributed by atoms with E-state index in [4.69, 9.17) is 9.47 Å². The quantitative estimate of drug-likeness (QED) is 0.590. The van der Waals surface area contributed by atoms with Crippen LogP contribution in [0.4, 0.5) is 0 Å². The minimum atomic E-state index is -0.681. The Bertz CT molecular complexity index is 1060. The van der Waals surface area contributed by atoms with Gasteiger partial charge in [0.25, 0.3) is 5.56 Å². The predicted octanol–water partition coefficient (Wildman–Crippen LogP) is 1.11. The number of hydrogen-bond acceptors (Lipinski definition) is 6. The lowest BCUT2D eigenvalue weighted by atomic mass is 10.1. The molecule has 1 fully saturated rings. The van der Waals surface area contributed by atoms with Crippen LogP contribution in [0.1, 0.15) is 47.5 Å². The zero-order valence-electron chi connectivity index (χ0n) is 16.2. The van der Waals surface area contributed by atoms with Crippen molar-refractivity contribution in [2.24, 2.45) is 0 Å². The summed E-state index contributed by atoms with van der Waals surface area (Å²) in [6, 6.07) is 6.92. The van der Waals surface area contributed by atoms with Gasteiger partial charge in [-0.05, 0) is 25.5 Å². The molecule has 1 saturated heterocycles. The fourth-order valence-corrected chi connectivity index (χ4v) is 3.05. The van der Waals surface area contributed by atoms with Crippen LogP contribution < -0.4 is 11.2 Å². The fraction of sp³-hybridized carbons (Fsp3) is 0.381. The zero-order valence-corrected chi connectivity index (χ0v) is 16.2. The van der Waals surface area contributed by atoms with Gasteiger partial charge in [-0.3, -0.25) is 14.3 Å². The molecule has 8 heteroatoms. The lowest BCUT2D eigenvalue weighted by Gasteiger charge is -2.14. The number of aryl methyl sites for hydroxylation is 1. The summed E-state index contributed by atoms with van der Waals surface area (Å²) in [5, 5.41) is 9.98. The van der Waals surface area contributed by atoms with Crippen molar-refractivity contribution in [3.05, 3.63) is 68.0 Å². The van der Waals surface area contributed by atoms with Crippen molar-refractivity contribution >= 4 is 5.97 Å². The summed E-state index contributed by atoms with van der Waals surface area (Å²) >= 11 is 0. The number of nitrogens with zero attached hydrogens (tertiary/aromatic N) is 1. The predicted molar refractivity (Wildman–Crippen MR) is 104 cm³/mol. The van der Waals surface area contributed by atoms with E-state index in [1.165, 1.54) is 10.8 Å². The van der Waals surface area contributed by atoms with Crippen molar-refractivity contribution in [2.45, 2.75) is 45.1 Å². The van der Waals surface area contributed by atoms with E-state index in [9.17, 15) is 19.5 Å². The Kier molecular flexibility index (Phi) is 6.32. The molecular weight excluding hydrogens is 376 g/mol. The molecule has 0 amide bonds. The van der Waals surface area contributed by atoms with Gasteiger partial charge in [-0.2, -0.15) is 0 Å². The van der Waals surface area contributed by atoms with Gasteiger partial charge in [0.15, 0.2) is 6.61 Å². The number of hydrogen-bond donors (Lipinski definition) is 2. The third-order valence-corrected chi connectivity index (χ3v) is 4.67. The molecule has 2 N–H and O–H groups in total. The molecule has 0 radical (unpaired) electrons. The van der Waals surface area contributed by atoms with Crippen LogP contribution in [-0.2, 0) is 9.47 Å². The first-order valence-electron chi connectivity index (χ1n) is 9.30. The highest BCUT2D eigenvalue weighted by Crippen LogP contribution is 2.29. The number of carbonyl (C=O) groups excluding carboxylic acids is 1. The Morgan fingerprint density at radius 2 is 2.07 bits per heavy atom. The Hall–Kier alpha value is -3.15. The van der Waals surface area contributed by atoms with Crippen LogP contribution >= 0.6 is 0 Å². The molecule has 3 atom stereocenters. The van der Waals surface area contributed by atoms with Crippen molar-refractivity contribution in [1.82, 2.24) is 9.55 Å². The topological polar surface area (TPSA) is 111 Å². The number of esters is 1. The van der Waals surface area contributed by atoms with Crippen molar-refractivity contribution in [3.63, 3.8) is 0 Å². The highest BCUT2D eigenvalue weighted by Gasteiger charge is 2.34. The number of aliphatic hydroxyl groups excluding tert-OH is 1. The first kappa shape index (κ1) is 20.6. The monoisotopic (exact) mass is 398 g/mol. The molecule has 29 heavy (non-hydrogen) atoms. The molecule has 3 rings (SSSR count). The van der Waals surface area contributed by atoms with Gasteiger partial charge in [0.05, 0.1) is 17.8 Å². The highest BCUT2D eigenvalue weighted by molar-refractivity contribution is 5.89. The van der Waals surface area contributed by atoms with E-state index in [1.54, 1.807) is 24.3 Å². The summed E-state index contributed by atoms with van der Waals surface area (Å²) in [6.45, 7) is 3.58. The Labute approximate surface area is 167 Å². The summed E-state index contributed by atoms with van der Waals surface area (Å²) in [6.07, 6.45) is 0.416. The van der Waals surface area contributed by atoms with Gasteiger partial charge in [0, 0.05) is 12.6 Å². The van der Waals surface area contributed by atoms with Crippen LogP contribution in [0.3, 0.4) is 0 Å². The molecule has 0 spiro atoms. The molecule has 2 aromatic rings. The minimum Gasteiger partial charge on any atom is -0.449 e. The van der Waals surface area contributed by atoms with E-state index in [1.807, 2.05) is 13.8 Å². The highest BCUT2D eigenvalue weighted by atomic mass is 16.5. The molecular formula is C21H22N2O6. The van der Waals surface area contributed by atoms with E-state index in [-0.39, 0.29) is 24.7 Å². The van der Waals surface area contributed by atoms with Crippen LogP contribution in [0.25, 0.3) is 0 Å². The average molecular weight is 398 g/mol. The number of benzene rings is 1. The molecule has 0 aliphatic carbocycles. The lowest BCUT2D eigenvalue weighted by molar-refractivity contribution is -0.0218. The molecule has 1 aromatic heterocycles. The molecule has 0 saturated carbocycles. The number of carbonyl (C=O) groups is 1. The number of nitrogens with one attached hydrogen (secondary N) is 1. The van der Waals surface area contributed by atoms with Gasteiger partial charge in [0.2, 0.25) is 0 Å². The molecule has 1 aliphatic heterocycles. The van der Waals surface area contributed by atoms with Crippen LogP contribution in [0.2, 0.25) is 0 Å². The van der Waals surface area contributed by atoms with Crippen LogP contribution in [-0.4, -0.2) is 39.4 Å². The number of aliphatic hydroxyl groups is 1. The average Bonchev–Trinajstić information content (AvgIpc) is 3.07. The van der Waals surface area contributed by atoms with Gasteiger partial charge in [-0.15, -0.1) is 0 Å². The molecule has 8 nitrogen and oxygen atoms in total. The number of aromatic nitrogens is 2. The van der Waals surface area contributed by atoms with E-state index in [2.05, 4.69) is 16.8 Å². The Morgan fingerprint density at radius 3 is 2.72 bits per heavy atom. The summed E-state index contributed by atoms with van der Waals surface area (Å²) in [5.41, 5.74) is 0.189. The number of aromatic amines is 1. The van der Waals surface area contributed by atoms with Gasteiger partial charge >= 0.3 is 11.7 Å². The van der Waals surface area contributed by atoms with Crippen molar-refractivity contribution < 1.29 is 19.4 Å². The van der Waals surface area contributed by atoms with E-state index in [0.29, 0.717) is 12.0 Å². The third kappa shape index (κ3) is 4.83. The summed E-state index contributed by atoms with van der Waals surface area (Å²) < 4.78 is 12.0. The van der Waals surface area contributed by atoms with Crippen LogP contribution in [0.15, 0.2) is 40.1 Å². The van der Waals surface area contributed by atoms with Crippen LogP contribution in [0.5, 0.6) is 0 Å². The first-order chi connectivity index (χ1) is 13.9. The van der Waals surface area contributed by atoms with Gasteiger partial charge in [0.1, 0.15) is 11.8 Å². The number of rotatable bonds is 4. The van der Waals surface area contributed by atoms with Gasteiger partial charge < -0.3 is 14.6 Å². The van der Waals surface area contributed by atoms with Crippen LogP contribution in [0, 0.1) is 18.8 Å². The normalized spacial score (nSPS) is 20.7. The largest absolute Gasteiger partial charge is 0.449 e. The maximum absolute atomic E-state index is 12.1.